The van der Waals surface area contributed by atoms with Crippen LogP contribution in [0.1, 0.15) is 50.9 Å². The van der Waals surface area contributed by atoms with Crippen LogP contribution in [0.3, 0.4) is 0 Å². The highest BCUT2D eigenvalue weighted by Gasteiger charge is 2.20. The van der Waals surface area contributed by atoms with Gasteiger partial charge in [0.05, 0.1) is 0 Å². The third-order valence-electron chi connectivity index (χ3n) is 3.37. The van der Waals surface area contributed by atoms with Crippen molar-refractivity contribution >= 4 is 17.5 Å². The van der Waals surface area contributed by atoms with Gasteiger partial charge in [-0.1, -0.05) is 55.7 Å². The lowest BCUT2D eigenvalue weighted by molar-refractivity contribution is -0.121. The first-order valence-electron chi connectivity index (χ1n) is 7.69. The molecule has 2 rings (SSSR count). The predicted molar refractivity (Wildman–Crippen MR) is 89.2 cm³/mol. The summed E-state index contributed by atoms with van der Waals surface area (Å²) in [5.74, 6) is 1.25. The molecule has 0 aliphatic heterocycles. The Morgan fingerprint density at radius 3 is 2.70 bits per heavy atom. The van der Waals surface area contributed by atoms with Crippen molar-refractivity contribution in [2.24, 2.45) is 0 Å². The monoisotopic (exact) mass is 335 g/mol. The van der Waals surface area contributed by atoms with Crippen molar-refractivity contribution < 1.29 is 9.32 Å². The minimum atomic E-state index is -0.131. The van der Waals surface area contributed by atoms with Gasteiger partial charge in [-0.05, 0) is 18.1 Å². The van der Waals surface area contributed by atoms with E-state index in [1.165, 1.54) is 0 Å². The summed E-state index contributed by atoms with van der Waals surface area (Å²) in [5, 5.41) is 7.50. The molecule has 0 bridgehead atoms. The molecule has 1 amide bonds. The fourth-order valence-electron chi connectivity index (χ4n) is 1.99. The highest BCUT2D eigenvalue weighted by Crippen LogP contribution is 2.19. The number of nitrogens with one attached hydrogen (secondary N) is 1. The summed E-state index contributed by atoms with van der Waals surface area (Å²) in [6.07, 6.45) is 1.68. The van der Waals surface area contributed by atoms with Crippen molar-refractivity contribution in [2.75, 3.05) is 0 Å². The first-order valence-corrected chi connectivity index (χ1v) is 8.07. The van der Waals surface area contributed by atoms with Crippen LogP contribution in [-0.4, -0.2) is 16.0 Å². The second-order valence-corrected chi connectivity index (χ2v) is 6.89. The second-order valence-electron chi connectivity index (χ2n) is 6.48. The van der Waals surface area contributed by atoms with E-state index in [1.54, 1.807) is 0 Å². The Bertz CT molecular complexity index is 662. The van der Waals surface area contributed by atoms with Gasteiger partial charge in [-0.15, -0.1) is 0 Å². The van der Waals surface area contributed by atoms with Gasteiger partial charge < -0.3 is 9.84 Å². The quantitative estimate of drug-likeness (QED) is 0.874. The summed E-state index contributed by atoms with van der Waals surface area (Å²) >= 11 is 6.05. The van der Waals surface area contributed by atoms with Gasteiger partial charge >= 0.3 is 0 Å². The molecule has 1 heterocycles. The Hall–Kier alpha value is -1.88. The third-order valence-corrected chi connectivity index (χ3v) is 3.74. The van der Waals surface area contributed by atoms with Crippen LogP contribution in [0, 0.1) is 0 Å². The standard InChI is InChI=1S/C17H22ClN3O2/c1-17(2,3)16-20-15(23-21-16)10-6-9-14(22)19-11-12-7-4-5-8-13(12)18/h4-5,7-8H,6,9-11H2,1-3H3,(H,19,22). The van der Waals surface area contributed by atoms with Crippen LogP contribution < -0.4 is 5.32 Å². The number of carbonyl (C=O) groups excluding carboxylic acids is 1. The van der Waals surface area contributed by atoms with Gasteiger partial charge in [-0.25, -0.2) is 0 Å². The fraction of sp³-hybridized carbons (Fsp3) is 0.471. The lowest BCUT2D eigenvalue weighted by Gasteiger charge is -2.10. The average molecular weight is 336 g/mol. The van der Waals surface area contributed by atoms with Crippen molar-refractivity contribution in [3.63, 3.8) is 0 Å². The van der Waals surface area contributed by atoms with Crippen LogP contribution in [-0.2, 0) is 23.2 Å². The van der Waals surface area contributed by atoms with E-state index in [1.807, 2.05) is 45.0 Å². The molecule has 1 aromatic carbocycles. The Labute approximate surface area is 141 Å². The molecule has 0 saturated carbocycles. The van der Waals surface area contributed by atoms with Crippen LogP contribution in [0.2, 0.25) is 5.02 Å². The fourth-order valence-corrected chi connectivity index (χ4v) is 2.19. The smallest absolute Gasteiger partial charge is 0.226 e. The van der Waals surface area contributed by atoms with E-state index in [2.05, 4.69) is 15.5 Å². The van der Waals surface area contributed by atoms with E-state index in [0.717, 1.165) is 5.56 Å². The normalized spacial score (nSPS) is 11.5. The lowest BCUT2D eigenvalue weighted by Crippen LogP contribution is -2.22. The zero-order valence-corrected chi connectivity index (χ0v) is 14.5. The maximum Gasteiger partial charge on any atom is 0.226 e. The summed E-state index contributed by atoms with van der Waals surface area (Å²) in [4.78, 5) is 16.2. The van der Waals surface area contributed by atoms with E-state index in [-0.39, 0.29) is 11.3 Å². The molecular weight excluding hydrogens is 314 g/mol. The first-order chi connectivity index (χ1) is 10.9. The first kappa shape index (κ1) is 17.5. The average Bonchev–Trinajstić information content (AvgIpc) is 2.95. The van der Waals surface area contributed by atoms with Gasteiger partial charge in [0.15, 0.2) is 5.82 Å². The van der Waals surface area contributed by atoms with Crippen molar-refractivity contribution in [2.45, 2.75) is 52.0 Å². The summed E-state index contributed by atoms with van der Waals surface area (Å²) in [5.41, 5.74) is 0.780. The summed E-state index contributed by atoms with van der Waals surface area (Å²) in [6, 6.07) is 7.47. The molecule has 124 valence electrons. The Morgan fingerprint density at radius 1 is 1.30 bits per heavy atom. The Balaban J connectivity index is 1.73. The number of halogens is 1. The van der Waals surface area contributed by atoms with Crippen LogP contribution in [0.5, 0.6) is 0 Å². The number of benzene rings is 1. The number of aryl methyl sites for hydroxylation is 1. The van der Waals surface area contributed by atoms with E-state index in [0.29, 0.717) is 42.5 Å². The number of amides is 1. The van der Waals surface area contributed by atoms with E-state index < -0.39 is 0 Å². The van der Waals surface area contributed by atoms with Crippen molar-refractivity contribution in [3.05, 3.63) is 46.6 Å². The molecule has 1 N–H and O–H groups in total. The highest BCUT2D eigenvalue weighted by atomic mass is 35.5. The molecule has 0 saturated heterocycles. The summed E-state index contributed by atoms with van der Waals surface area (Å²) in [6.45, 7) is 6.53. The molecule has 0 spiro atoms. The largest absolute Gasteiger partial charge is 0.352 e. The van der Waals surface area contributed by atoms with Crippen molar-refractivity contribution in [1.82, 2.24) is 15.5 Å². The second kappa shape index (κ2) is 7.59. The predicted octanol–water partition coefficient (Wildman–Crippen LogP) is 3.66. The molecule has 0 unspecified atom stereocenters. The highest BCUT2D eigenvalue weighted by molar-refractivity contribution is 6.31. The minimum absolute atomic E-state index is 0.0134. The maximum atomic E-state index is 11.9. The number of nitrogens with zero attached hydrogens (tertiary/aromatic N) is 2. The molecule has 5 nitrogen and oxygen atoms in total. The molecular formula is C17H22ClN3O2. The van der Waals surface area contributed by atoms with Gasteiger partial charge in [0.1, 0.15) is 0 Å². The van der Waals surface area contributed by atoms with Crippen LogP contribution >= 0.6 is 11.6 Å². The van der Waals surface area contributed by atoms with Crippen molar-refractivity contribution in [1.29, 1.82) is 0 Å². The molecule has 1 aromatic heterocycles. The van der Waals surface area contributed by atoms with Crippen LogP contribution in [0.4, 0.5) is 0 Å². The molecule has 0 atom stereocenters. The Morgan fingerprint density at radius 2 is 2.04 bits per heavy atom. The number of hydrogen-bond acceptors (Lipinski definition) is 4. The van der Waals surface area contributed by atoms with E-state index >= 15 is 0 Å². The van der Waals surface area contributed by atoms with Gasteiger partial charge in [0.25, 0.3) is 0 Å². The summed E-state index contributed by atoms with van der Waals surface area (Å²) < 4.78 is 5.21. The van der Waals surface area contributed by atoms with Gasteiger partial charge in [0.2, 0.25) is 11.8 Å². The van der Waals surface area contributed by atoms with Crippen molar-refractivity contribution in [3.8, 4) is 0 Å². The minimum Gasteiger partial charge on any atom is -0.352 e. The molecule has 6 heteroatoms. The third kappa shape index (κ3) is 5.36. The lowest BCUT2D eigenvalue weighted by atomic mass is 9.96. The van der Waals surface area contributed by atoms with Gasteiger partial charge in [0, 0.05) is 29.8 Å². The zero-order valence-electron chi connectivity index (χ0n) is 13.7. The molecule has 0 fully saturated rings. The molecule has 0 aliphatic rings. The van der Waals surface area contributed by atoms with Crippen LogP contribution in [0.15, 0.2) is 28.8 Å². The zero-order chi connectivity index (χ0) is 16.9. The van der Waals surface area contributed by atoms with Gasteiger partial charge in [-0.3, -0.25) is 4.79 Å². The molecule has 2 aromatic rings. The number of aromatic nitrogens is 2. The molecule has 0 radical (unpaired) electrons. The van der Waals surface area contributed by atoms with E-state index in [9.17, 15) is 4.79 Å². The van der Waals surface area contributed by atoms with Gasteiger partial charge in [-0.2, -0.15) is 4.98 Å². The maximum absolute atomic E-state index is 11.9. The number of hydrogen-bond donors (Lipinski definition) is 1. The number of rotatable bonds is 6. The Kier molecular flexibility index (Phi) is 5.77. The number of carbonyl (C=O) groups is 1. The van der Waals surface area contributed by atoms with Crippen LogP contribution in [0.25, 0.3) is 0 Å². The molecule has 0 aliphatic carbocycles. The molecule has 23 heavy (non-hydrogen) atoms. The topological polar surface area (TPSA) is 68.0 Å². The SMILES string of the molecule is CC(C)(C)c1noc(CCCC(=O)NCc2ccccc2Cl)n1. The summed E-state index contributed by atoms with van der Waals surface area (Å²) in [7, 11) is 0. The van der Waals surface area contributed by atoms with E-state index in [4.69, 9.17) is 16.1 Å².